The normalized spacial score (nSPS) is 11.6. The fourth-order valence-electron chi connectivity index (χ4n) is 3.90. The van der Waals surface area contributed by atoms with E-state index in [1.807, 2.05) is 61.5 Å². The van der Waals surface area contributed by atoms with Gasteiger partial charge in [0.1, 0.15) is 29.7 Å². The van der Waals surface area contributed by atoms with Crippen molar-refractivity contribution >= 4 is 29.3 Å². The molecule has 2 heterocycles. The van der Waals surface area contributed by atoms with Gasteiger partial charge in [0.05, 0.1) is 7.11 Å². The lowest BCUT2D eigenvalue weighted by molar-refractivity contribution is -0.139. The number of nitrogens with one attached hydrogen (secondary N) is 2. The van der Waals surface area contributed by atoms with Gasteiger partial charge in [-0.2, -0.15) is 0 Å². The Kier molecular flexibility index (Phi) is 7.29. The number of pyridine rings is 1. The van der Waals surface area contributed by atoms with Crippen molar-refractivity contribution in [3.8, 4) is 11.3 Å². The summed E-state index contributed by atoms with van der Waals surface area (Å²) in [7, 11) is 1.31. The van der Waals surface area contributed by atoms with Gasteiger partial charge in [-0.05, 0) is 30.2 Å². The molecule has 36 heavy (non-hydrogen) atoms. The van der Waals surface area contributed by atoms with Crippen LogP contribution in [0.4, 0.5) is 5.82 Å². The van der Waals surface area contributed by atoms with E-state index in [9.17, 15) is 19.5 Å². The van der Waals surface area contributed by atoms with Gasteiger partial charge in [-0.1, -0.05) is 54.6 Å². The molecule has 0 bridgehead atoms. The van der Waals surface area contributed by atoms with Crippen LogP contribution in [0.1, 0.15) is 21.5 Å². The van der Waals surface area contributed by atoms with Crippen LogP contribution in [-0.2, 0) is 20.7 Å². The average molecular weight is 487 g/mol. The van der Waals surface area contributed by atoms with Crippen molar-refractivity contribution in [1.29, 1.82) is 0 Å². The first-order valence-electron chi connectivity index (χ1n) is 11.3. The summed E-state index contributed by atoms with van der Waals surface area (Å²) in [5.74, 6) is -1.51. The number of ether oxygens (including phenoxy) is 1. The Labute approximate surface area is 207 Å². The minimum atomic E-state index is -1.12. The predicted octanol–water partition coefficient (Wildman–Crippen LogP) is 3.32. The number of carbonyl (C=O) groups excluding carboxylic acids is 2. The van der Waals surface area contributed by atoms with Gasteiger partial charge in [0, 0.05) is 23.7 Å². The molecule has 9 heteroatoms. The topological polar surface area (TPSA) is 122 Å². The second kappa shape index (κ2) is 10.7. The van der Waals surface area contributed by atoms with Crippen molar-refractivity contribution in [2.24, 2.45) is 0 Å². The number of carboxylic acids is 1. The summed E-state index contributed by atoms with van der Waals surface area (Å²) in [6.45, 7) is 1.90. The fourth-order valence-corrected chi connectivity index (χ4v) is 3.90. The molecule has 4 rings (SSSR count). The average Bonchev–Trinajstić information content (AvgIpc) is 3.25. The largest absolute Gasteiger partial charge is 0.480 e. The molecule has 2 aromatic carbocycles. The summed E-state index contributed by atoms with van der Waals surface area (Å²) in [6, 6.07) is 18.9. The van der Waals surface area contributed by atoms with E-state index in [1.165, 1.54) is 7.11 Å². The van der Waals surface area contributed by atoms with Crippen molar-refractivity contribution in [3.63, 3.8) is 0 Å². The predicted molar refractivity (Wildman–Crippen MR) is 135 cm³/mol. The van der Waals surface area contributed by atoms with Crippen molar-refractivity contribution in [2.75, 3.05) is 19.0 Å². The first-order valence-corrected chi connectivity index (χ1v) is 11.3. The van der Waals surface area contributed by atoms with E-state index in [0.717, 1.165) is 16.7 Å². The molecule has 0 saturated carbocycles. The fraction of sp³-hybridized carbons (Fsp3) is 0.185. The first kappa shape index (κ1) is 24.5. The third kappa shape index (κ3) is 5.35. The molecule has 0 fully saturated rings. The minimum Gasteiger partial charge on any atom is -0.480 e. The molecule has 0 aliphatic rings. The number of esters is 1. The van der Waals surface area contributed by atoms with E-state index in [0.29, 0.717) is 17.2 Å². The van der Waals surface area contributed by atoms with Crippen LogP contribution >= 0.6 is 0 Å². The zero-order valence-electron chi connectivity index (χ0n) is 19.9. The summed E-state index contributed by atoms with van der Waals surface area (Å²) in [5, 5.41) is 15.3. The Balaban J connectivity index is 1.66. The number of carbonyl (C=O) groups is 3. The van der Waals surface area contributed by atoms with E-state index >= 15 is 0 Å². The summed E-state index contributed by atoms with van der Waals surface area (Å²) < 4.78 is 6.48. The number of nitrogens with zero attached hydrogens (tertiary/aromatic N) is 2. The number of aromatic nitrogens is 2. The molecule has 2 aromatic heterocycles. The molecule has 0 spiro atoms. The second-order valence-corrected chi connectivity index (χ2v) is 8.25. The quantitative estimate of drug-likeness (QED) is 0.310. The number of aliphatic carboxylic acids is 1. The first-order chi connectivity index (χ1) is 17.4. The van der Waals surface area contributed by atoms with Gasteiger partial charge in [0.15, 0.2) is 0 Å². The van der Waals surface area contributed by atoms with Crippen LogP contribution in [0.3, 0.4) is 0 Å². The molecule has 184 valence electrons. The van der Waals surface area contributed by atoms with E-state index in [1.54, 1.807) is 22.7 Å². The van der Waals surface area contributed by atoms with Gasteiger partial charge in [0.2, 0.25) is 0 Å². The standard InChI is InChI=1S/C27H26N4O5/c1-17-8-6-7-11-20(17)24-25(28-16-23(32)36-2)31-13-12-19(15-22(31)30-24)26(33)29-21(27(34)35)14-18-9-4-3-5-10-18/h3-13,15,21,28H,14,16H2,1-2H3,(H,29,33)(H,34,35). The summed E-state index contributed by atoms with van der Waals surface area (Å²) in [5.41, 5.74) is 4.00. The minimum absolute atomic E-state index is 0.0643. The number of carboxylic acid groups (broad SMARTS) is 1. The van der Waals surface area contributed by atoms with E-state index in [-0.39, 0.29) is 18.5 Å². The van der Waals surface area contributed by atoms with Crippen molar-refractivity contribution in [3.05, 3.63) is 89.6 Å². The van der Waals surface area contributed by atoms with Crippen molar-refractivity contribution in [2.45, 2.75) is 19.4 Å². The Hall–Kier alpha value is -4.66. The summed E-state index contributed by atoms with van der Waals surface area (Å²) in [6.07, 6.45) is 1.82. The molecular weight excluding hydrogens is 460 g/mol. The van der Waals surface area contributed by atoms with Gasteiger partial charge in [-0.25, -0.2) is 9.78 Å². The molecule has 9 nitrogen and oxygen atoms in total. The highest BCUT2D eigenvalue weighted by Crippen LogP contribution is 2.31. The summed E-state index contributed by atoms with van der Waals surface area (Å²) >= 11 is 0. The highest BCUT2D eigenvalue weighted by Gasteiger charge is 2.22. The molecule has 4 aromatic rings. The Morgan fingerprint density at radius 2 is 1.78 bits per heavy atom. The second-order valence-electron chi connectivity index (χ2n) is 8.25. The molecule has 1 atom stereocenters. The molecule has 0 saturated heterocycles. The van der Waals surface area contributed by atoms with Crippen LogP contribution in [0.2, 0.25) is 0 Å². The Morgan fingerprint density at radius 1 is 1.06 bits per heavy atom. The summed E-state index contributed by atoms with van der Waals surface area (Å²) in [4.78, 5) is 41.3. The third-order valence-electron chi connectivity index (χ3n) is 5.80. The lowest BCUT2D eigenvalue weighted by atomic mass is 10.1. The van der Waals surface area contributed by atoms with Crippen LogP contribution in [-0.4, -0.2) is 52.0 Å². The molecule has 1 unspecified atom stereocenters. The zero-order valence-corrected chi connectivity index (χ0v) is 19.9. The monoisotopic (exact) mass is 486 g/mol. The SMILES string of the molecule is COC(=O)CNc1c(-c2ccccc2C)nc2cc(C(=O)NC(Cc3ccccc3)C(=O)O)ccn12. The molecule has 0 aliphatic heterocycles. The van der Waals surface area contributed by atoms with Crippen LogP contribution in [0.25, 0.3) is 16.9 Å². The maximum Gasteiger partial charge on any atom is 0.326 e. The Bertz CT molecular complexity index is 1410. The lowest BCUT2D eigenvalue weighted by Gasteiger charge is -2.15. The zero-order chi connectivity index (χ0) is 25.7. The molecule has 0 radical (unpaired) electrons. The van der Waals surface area contributed by atoms with Gasteiger partial charge in [-0.3, -0.25) is 14.0 Å². The van der Waals surface area contributed by atoms with E-state index in [4.69, 9.17) is 9.72 Å². The maximum absolute atomic E-state index is 13.0. The number of anilines is 1. The number of benzene rings is 2. The number of amides is 1. The number of rotatable bonds is 9. The highest BCUT2D eigenvalue weighted by molar-refractivity contribution is 5.97. The van der Waals surface area contributed by atoms with E-state index < -0.39 is 23.9 Å². The number of methoxy groups -OCH3 is 1. The highest BCUT2D eigenvalue weighted by atomic mass is 16.5. The van der Waals surface area contributed by atoms with Crippen LogP contribution in [0, 0.1) is 6.92 Å². The lowest BCUT2D eigenvalue weighted by Crippen LogP contribution is -2.42. The van der Waals surface area contributed by atoms with Crippen molar-refractivity contribution in [1.82, 2.24) is 14.7 Å². The van der Waals surface area contributed by atoms with Crippen LogP contribution in [0.15, 0.2) is 72.9 Å². The van der Waals surface area contributed by atoms with E-state index in [2.05, 4.69) is 10.6 Å². The smallest absolute Gasteiger partial charge is 0.326 e. The van der Waals surface area contributed by atoms with Gasteiger partial charge in [0.25, 0.3) is 5.91 Å². The number of hydrogen-bond donors (Lipinski definition) is 3. The molecule has 3 N–H and O–H groups in total. The van der Waals surface area contributed by atoms with Gasteiger partial charge >= 0.3 is 11.9 Å². The van der Waals surface area contributed by atoms with Crippen LogP contribution in [0.5, 0.6) is 0 Å². The number of hydrogen-bond acceptors (Lipinski definition) is 6. The maximum atomic E-state index is 13.0. The number of aryl methyl sites for hydroxylation is 1. The van der Waals surface area contributed by atoms with Crippen molar-refractivity contribution < 1.29 is 24.2 Å². The molecular formula is C27H26N4O5. The Morgan fingerprint density at radius 3 is 2.47 bits per heavy atom. The third-order valence-corrected chi connectivity index (χ3v) is 5.80. The van der Waals surface area contributed by atoms with Crippen LogP contribution < -0.4 is 10.6 Å². The molecule has 1 amide bonds. The number of fused-ring (bicyclic) bond motifs is 1. The number of imidazole rings is 1. The molecule has 0 aliphatic carbocycles. The van der Waals surface area contributed by atoms with Gasteiger partial charge < -0.3 is 20.5 Å². The van der Waals surface area contributed by atoms with Gasteiger partial charge in [-0.15, -0.1) is 0 Å².